The molecule has 0 amide bonds. The van der Waals surface area contributed by atoms with Crippen LogP contribution in [0.5, 0.6) is 0 Å². The van der Waals surface area contributed by atoms with Gasteiger partial charge in [-0.25, -0.2) is 0 Å². The van der Waals surface area contributed by atoms with Crippen molar-refractivity contribution in [1.82, 2.24) is 5.32 Å². The third-order valence-electron chi connectivity index (χ3n) is 2.96. The second-order valence-corrected chi connectivity index (χ2v) is 4.25. The summed E-state index contributed by atoms with van der Waals surface area (Å²) in [5.74, 6) is 0.392. The maximum Gasteiger partial charge on any atom is 0.319 e. The molecule has 1 rings (SSSR count). The van der Waals surface area contributed by atoms with Crippen LogP contribution in [0.1, 0.15) is 32.1 Å². The highest BCUT2D eigenvalue weighted by Crippen LogP contribution is 2.28. The molecule has 1 aliphatic carbocycles. The predicted molar refractivity (Wildman–Crippen MR) is 57.5 cm³/mol. The molecule has 0 saturated heterocycles. The zero-order valence-corrected chi connectivity index (χ0v) is 9.37. The quantitative estimate of drug-likeness (QED) is 0.640. The van der Waals surface area contributed by atoms with Crippen molar-refractivity contribution >= 4 is 5.97 Å². The topological polar surface area (TPSA) is 58.6 Å². The Labute approximate surface area is 91.0 Å². The fourth-order valence-electron chi connectivity index (χ4n) is 2.13. The molecule has 0 radical (unpaired) electrons. The highest BCUT2D eigenvalue weighted by Gasteiger charge is 2.18. The van der Waals surface area contributed by atoms with Gasteiger partial charge in [0.1, 0.15) is 0 Å². The van der Waals surface area contributed by atoms with Gasteiger partial charge in [0.2, 0.25) is 0 Å². The smallest absolute Gasteiger partial charge is 0.319 e. The highest BCUT2D eigenvalue weighted by molar-refractivity contribution is 5.71. The SMILES string of the molecule is COC(=O)CNCC(O)CC1CCCC1. The molecule has 0 spiro atoms. The van der Waals surface area contributed by atoms with Gasteiger partial charge in [0.15, 0.2) is 0 Å². The largest absolute Gasteiger partial charge is 0.468 e. The lowest BCUT2D eigenvalue weighted by Crippen LogP contribution is -2.32. The van der Waals surface area contributed by atoms with E-state index in [4.69, 9.17) is 0 Å². The monoisotopic (exact) mass is 215 g/mol. The lowest BCUT2D eigenvalue weighted by Gasteiger charge is -2.15. The number of carbonyl (C=O) groups excluding carboxylic acids is 1. The van der Waals surface area contributed by atoms with Crippen LogP contribution in [0, 0.1) is 5.92 Å². The lowest BCUT2D eigenvalue weighted by molar-refractivity contribution is -0.139. The molecular formula is C11H21NO3. The number of hydrogen-bond donors (Lipinski definition) is 2. The van der Waals surface area contributed by atoms with E-state index >= 15 is 0 Å². The average Bonchev–Trinajstić information content (AvgIpc) is 2.70. The molecule has 15 heavy (non-hydrogen) atoms. The Morgan fingerprint density at radius 2 is 2.20 bits per heavy atom. The van der Waals surface area contributed by atoms with Gasteiger partial charge in [0.25, 0.3) is 0 Å². The van der Waals surface area contributed by atoms with Crippen molar-refractivity contribution in [3.8, 4) is 0 Å². The summed E-state index contributed by atoms with van der Waals surface area (Å²) >= 11 is 0. The van der Waals surface area contributed by atoms with E-state index in [2.05, 4.69) is 10.1 Å². The average molecular weight is 215 g/mol. The van der Waals surface area contributed by atoms with Gasteiger partial charge >= 0.3 is 5.97 Å². The minimum atomic E-state index is -0.335. The number of methoxy groups -OCH3 is 1. The van der Waals surface area contributed by atoms with Crippen molar-refractivity contribution in [2.45, 2.75) is 38.2 Å². The third kappa shape index (κ3) is 5.14. The Hall–Kier alpha value is -0.610. The zero-order valence-electron chi connectivity index (χ0n) is 9.37. The summed E-state index contributed by atoms with van der Waals surface area (Å²) in [5.41, 5.74) is 0. The fourth-order valence-corrected chi connectivity index (χ4v) is 2.13. The number of nitrogens with one attached hydrogen (secondary N) is 1. The van der Waals surface area contributed by atoms with Gasteiger partial charge < -0.3 is 15.2 Å². The molecule has 1 fully saturated rings. The first-order chi connectivity index (χ1) is 7.22. The number of hydrogen-bond acceptors (Lipinski definition) is 4. The van der Waals surface area contributed by atoms with Crippen molar-refractivity contribution in [1.29, 1.82) is 0 Å². The zero-order chi connectivity index (χ0) is 11.1. The van der Waals surface area contributed by atoms with Crippen molar-refractivity contribution < 1.29 is 14.6 Å². The van der Waals surface area contributed by atoms with E-state index in [0.717, 1.165) is 6.42 Å². The number of aliphatic hydroxyl groups excluding tert-OH is 1. The fraction of sp³-hybridized carbons (Fsp3) is 0.909. The number of ether oxygens (including phenoxy) is 1. The molecule has 1 saturated carbocycles. The Kier molecular flexibility index (Phi) is 5.65. The van der Waals surface area contributed by atoms with Gasteiger partial charge in [-0.2, -0.15) is 0 Å². The van der Waals surface area contributed by atoms with Gasteiger partial charge in [0.05, 0.1) is 19.8 Å². The number of esters is 1. The number of rotatable bonds is 6. The van der Waals surface area contributed by atoms with Crippen LogP contribution in [0.2, 0.25) is 0 Å². The number of carbonyl (C=O) groups is 1. The third-order valence-corrected chi connectivity index (χ3v) is 2.96. The molecule has 0 heterocycles. The van der Waals surface area contributed by atoms with Crippen LogP contribution in [0.25, 0.3) is 0 Å². The standard InChI is InChI=1S/C11H21NO3/c1-15-11(14)8-12-7-10(13)6-9-4-2-3-5-9/h9-10,12-13H,2-8H2,1H3. The lowest BCUT2D eigenvalue weighted by atomic mass is 10.0. The summed E-state index contributed by atoms with van der Waals surface area (Å²) < 4.78 is 4.48. The van der Waals surface area contributed by atoms with Crippen molar-refractivity contribution in [2.75, 3.05) is 20.2 Å². The van der Waals surface area contributed by atoms with E-state index in [0.29, 0.717) is 12.5 Å². The normalized spacial score (nSPS) is 19.1. The molecular weight excluding hydrogens is 194 g/mol. The summed E-state index contributed by atoms with van der Waals surface area (Å²) in [4.78, 5) is 10.8. The van der Waals surface area contributed by atoms with Crippen LogP contribution in [0.15, 0.2) is 0 Å². The molecule has 4 nitrogen and oxygen atoms in total. The maximum atomic E-state index is 10.8. The van der Waals surface area contributed by atoms with Crippen molar-refractivity contribution in [3.05, 3.63) is 0 Å². The molecule has 1 aliphatic rings. The molecule has 88 valence electrons. The Bertz CT molecular complexity index is 190. The molecule has 0 aliphatic heterocycles. The summed E-state index contributed by atoms with van der Waals surface area (Å²) in [6, 6.07) is 0. The molecule has 0 aromatic heterocycles. The van der Waals surface area contributed by atoms with Gasteiger partial charge in [-0.1, -0.05) is 25.7 Å². The Morgan fingerprint density at radius 1 is 1.53 bits per heavy atom. The molecule has 0 aromatic carbocycles. The van der Waals surface area contributed by atoms with E-state index < -0.39 is 0 Å². The van der Waals surface area contributed by atoms with Crippen LogP contribution >= 0.6 is 0 Å². The van der Waals surface area contributed by atoms with Gasteiger partial charge in [0, 0.05) is 6.54 Å². The second-order valence-electron chi connectivity index (χ2n) is 4.25. The Balaban J connectivity index is 2.02. The van der Waals surface area contributed by atoms with Crippen molar-refractivity contribution in [2.24, 2.45) is 5.92 Å². The first-order valence-electron chi connectivity index (χ1n) is 5.68. The van der Waals surface area contributed by atoms with E-state index in [9.17, 15) is 9.90 Å². The van der Waals surface area contributed by atoms with Crippen LogP contribution < -0.4 is 5.32 Å². The summed E-state index contributed by atoms with van der Waals surface area (Å²) in [6.45, 7) is 0.657. The first-order valence-corrected chi connectivity index (χ1v) is 5.68. The van der Waals surface area contributed by atoms with Gasteiger partial charge in [-0.3, -0.25) is 4.79 Å². The Morgan fingerprint density at radius 3 is 2.80 bits per heavy atom. The molecule has 0 bridgehead atoms. The summed E-state index contributed by atoms with van der Waals surface area (Å²) in [5, 5.41) is 12.6. The summed E-state index contributed by atoms with van der Waals surface area (Å²) in [6.07, 6.45) is 5.61. The van der Waals surface area contributed by atoms with Crippen LogP contribution in [0.3, 0.4) is 0 Å². The van der Waals surface area contributed by atoms with Gasteiger partial charge in [-0.15, -0.1) is 0 Å². The van der Waals surface area contributed by atoms with E-state index in [1.54, 1.807) is 0 Å². The minimum Gasteiger partial charge on any atom is -0.468 e. The van der Waals surface area contributed by atoms with E-state index in [1.165, 1.54) is 32.8 Å². The number of aliphatic hydroxyl groups is 1. The highest BCUT2D eigenvalue weighted by atomic mass is 16.5. The van der Waals surface area contributed by atoms with E-state index in [1.807, 2.05) is 0 Å². The van der Waals surface area contributed by atoms with Crippen LogP contribution in [-0.2, 0) is 9.53 Å². The van der Waals surface area contributed by atoms with Crippen LogP contribution in [0.4, 0.5) is 0 Å². The first kappa shape index (κ1) is 12.5. The van der Waals surface area contributed by atoms with Crippen LogP contribution in [-0.4, -0.2) is 37.4 Å². The minimum absolute atomic E-state index is 0.179. The van der Waals surface area contributed by atoms with E-state index in [-0.39, 0.29) is 18.6 Å². The second kappa shape index (κ2) is 6.80. The molecule has 0 aromatic rings. The summed E-state index contributed by atoms with van der Waals surface area (Å²) in [7, 11) is 1.36. The molecule has 1 atom stereocenters. The maximum absolute atomic E-state index is 10.8. The molecule has 2 N–H and O–H groups in total. The molecule has 1 unspecified atom stereocenters. The van der Waals surface area contributed by atoms with Crippen molar-refractivity contribution in [3.63, 3.8) is 0 Å². The molecule has 4 heteroatoms. The predicted octanol–water partition coefficient (Wildman–Crippen LogP) is 0.690. The van der Waals surface area contributed by atoms with Gasteiger partial charge in [-0.05, 0) is 12.3 Å².